The fourth-order valence-corrected chi connectivity index (χ4v) is 8.15. The van der Waals surface area contributed by atoms with Gasteiger partial charge in [0.05, 0.1) is 0 Å². The Bertz CT molecular complexity index is 2410. The lowest BCUT2D eigenvalue weighted by Crippen LogP contribution is -1.92. The standard InChI is InChI=1S/C40H24S/c1-3-15-27-25(12-1)14-11-22-30(27)37-31-18-5-7-20-33(31)38(34-21-8-6-19-32(34)37)39-28-16-4-2-13-26(28)24-35-29-17-9-10-23-36(29)41-40(35)39/h1-24H. The summed E-state index contributed by atoms with van der Waals surface area (Å²) in [5.74, 6) is 0. The third-order valence-electron chi connectivity index (χ3n) is 8.63. The Balaban J connectivity index is 1.53. The Morgan fingerprint density at radius 2 is 0.829 bits per heavy atom. The quantitative estimate of drug-likeness (QED) is 0.193. The molecule has 0 spiro atoms. The predicted molar refractivity (Wildman–Crippen MR) is 180 cm³/mol. The number of thiophene rings is 1. The van der Waals surface area contributed by atoms with Gasteiger partial charge in [0.15, 0.2) is 0 Å². The largest absolute Gasteiger partial charge is 0.135 e. The van der Waals surface area contributed by atoms with E-state index in [0.717, 1.165) is 0 Å². The zero-order chi connectivity index (χ0) is 26.9. The highest BCUT2D eigenvalue weighted by molar-refractivity contribution is 7.26. The van der Waals surface area contributed by atoms with Crippen molar-refractivity contribution < 1.29 is 0 Å². The molecule has 0 unspecified atom stereocenters. The summed E-state index contributed by atoms with van der Waals surface area (Å²) in [4.78, 5) is 0. The Kier molecular flexibility index (Phi) is 4.87. The van der Waals surface area contributed by atoms with Crippen molar-refractivity contribution in [3.63, 3.8) is 0 Å². The maximum absolute atomic E-state index is 2.39. The van der Waals surface area contributed by atoms with Gasteiger partial charge in [-0.05, 0) is 71.9 Å². The molecule has 0 saturated carbocycles. The zero-order valence-electron chi connectivity index (χ0n) is 22.3. The van der Waals surface area contributed by atoms with Crippen LogP contribution in [0.3, 0.4) is 0 Å². The van der Waals surface area contributed by atoms with E-state index in [1.54, 1.807) is 0 Å². The molecule has 0 saturated heterocycles. The van der Waals surface area contributed by atoms with Crippen LogP contribution in [0.2, 0.25) is 0 Å². The van der Waals surface area contributed by atoms with Crippen molar-refractivity contribution >= 4 is 74.6 Å². The SMILES string of the molecule is c1ccc2c(-c3c4ccccc4c(-c4c5ccccc5cc5c4sc4ccccc45)c4ccccc34)cccc2c1. The van der Waals surface area contributed by atoms with Crippen LogP contribution in [0, 0.1) is 0 Å². The second-order valence-electron chi connectivity index (χ2n) is 10.8. The predicted octanol–water partition coefficient (Wildman–Crippen LogP) is 12.0. The van der Waals surface area contributed by atoms with Gasteiger partial charge in [0, 0.05) is 25.7 Å². The molecule has 0 aliphatic carbocycles. The molecule has 9 aromatic rings. The molecule has 8 aromatic carbocycles. The van der Waals surface area contributed by atoms with Gasteiger partial charge in [-0.3, -0.25) is 0 Å². The van der Waals surface area contributed by atoms with E-state index < -0.39 is 0 Å². The topological polar surface area (TPSA) is 0 Å². The van der Waals surface area contributed by atoms with Crippen molar-refractivity contribution in [2.24, 2.45) is 0 Å². The van der Waals surface area contributed by atoms with Crippen LogP contribution in [0.25, 0.3) is 85.5 Å². The van der Waals surface area contributed by atoms with E-state index in [9.17, 15) is 0 Å². The van der Waals surface area contributed by atoms with Gasteiger partial charge in [-0.1, -0.05) is 133 Å². The monoisotopic (exact) mass is 536 g/mol. The number of hydrogen-bond acceptors (Lipinski definition) is 1. The maximum atomic E-state index is 2.39. The van der Waals surface area contributed by atoms with Gasteiger partial charge >= 0.3 is 0 Å². The molecule has 190 valence electrons. The van der Waals surface area contributed by atoms with Gasteiger partial charge < -0.3 is 0 Å². The summed E-state index contributed by atoms with van der Waals surface area (Å²) >= 11 is 1.92. The second-order valence-corrected chi connectivity index (χ2v) is 11.9. The van der Waals surface area contributed by atoms with Crippen molar-refractivity contribution in [2.75, 3.05) is 0 Å². The van der Waals surface area contributed by atoms with Crippen molar-refractivity contribution in [1.82, 2.24) is 0 Å². The van der Waals surface area contributed by atoms with E-state index in [1.165, 1.54) is 85.5 Å². The average molecular weight is 537 g/mol. The Labute approximate surface area is 241 Å². The molecule has 1 aromatic heterocycles. The first-order valence-electron chi connectivity index (χ1n) is 14.1. The molecule has 0 fully saturated rings. The lowest BCUT2D eigenvalue weighted by Gasteiger charge is -2.20. The van der Waals surface area contributed by atoms with Crippen LogP contribution >= 0.6 is 11.3 Å². The normalized spacial score (nSPS) is 11.9. The van der Waals surface area contributed by atoms with Crippen LogP contribution in [0.5, 0.6) is 0 Å². The third kappa shape index (κ3) is 3.27. The van der Waals surface area contributed by atoms with Gasteiger partial charge in [0.1, 0.15) is 0 Å². The van der Waals surface area contributed by atoms with Crippen LogP contribution in [-0.4, -0.2) is 0 Å². The average Bonchev–Trinajstić information content (AvgIpc) is 3.41. The van der Waals surface area contributed by atoms with Crippen LogP contribution in [0.15, 0.2) is 146 Å². The van der Waals surface area contributed by atoms with E-state index in [2.05, 4.69) is 146 Å². The maximum Gasteiger partial charge on any atom is 0.0440 e. The summed E-state index contributed by atoms with van der Waals surface area (Å²) in [6.45, 7) is 0. The van der Waals surface area contributed by atoms with E-state index in [-0.39, 0.29) is 0 Å². The molecular formula is C40H24S. The molecule has 0 amide bonds. The van der Waals surface area contributed by atoms with Gasteiger partial charge in [-0.25, -0.2) is 0 Å². The molecule has 0 N–H and O–H groups in total. The van der Waals surface area contributed by atoms with Crippen molar-refractivity contribution in [3.8, 4) is 22.3 Å². The molecule has 0 atom stereocenters. The van der Waals surface area contributed by atoms with Crippen LogP contribution in [-0.2, 0) is 0 Å². The van der Waals surface area contributed by atoms with E-state index in [4.69, 9.17) is 0 Å². The number of hydrogen-bond donors (Lipinski definition) is 0. The Morgan fingerprint density at radius 3 is 1.54 bits per heavy atom. The molecule has 0 aliphatic rings. The highest BCUT2D eigenvalue weighted by atomic mass is 32.1. The van der Waals surface area contributed by atoms with Crippen LogP contribution in [0.4, 0.5) is 0 Å². The van der Waals surface area contributed by atoms with Crippen molar-refractivity contribution in [3.05, 3.63) is 146 Å². The lowest BCUT2D eigenvalue weighted by molar-refractivity contribution is 1.70. The smallest absolute Gasteiger partial charge is 0.0440 e. The highest BCUT2D eigenvalue weighted by Crippen LogP contribution is 2.50. The Morgan fingerprint density at radius 1 is 0.317 bits per heavy atom. The Hall–Kier alpha value is -4.98. The summed E-state index contributed by atoms with van der Waals surface area (Å²) in [6.07, 6.45) is 0. The minimum absolute atomic E-state index is 1.27. The minimum atomic E-state index is 1.27. The molecule has 1 heteroatoms. The van der Waals surface area contributed by atoms with Gasteiger partial charge in [0.2, 0.25) is 0 Å². The van der Waals surface area contributed by atoms with E-state index in [0.29, 0.717) is 0 Å². The zero-order valence-corrected chi connectivity index (χ0v) is 23.1. The third-order valence-corrected chi connectivity index (χ3v) is 9.84. The second kappa shape index (κ2) is 8.76. The number of fused-ring (bicyclic) bond motifs is 7. The van der Waals surface area contributed by atoms with Crippen molar-refractivity contribution in [1.29, 1.82) is 0 Å². The minimum Gasteiger partial charge on any atom is -0.135 e. The van der Waals surface area contributed by atoms with Gasteiger partial charge in [0.25, 0.3) is 0 Å². The molecule has 0 aliphatic heterocycles. The van der Waals surface area contributed by atoms with Gasteiger partial charge in [-0.2, -0.15) is 0 Å². The summed E-state index contributed by atoms with van der Waals surface area (Å²) < 4.78 is 2.69. The molecular weight excluding hydrogens is 513 g/mol. The number of rotatable bonds is 2. The van der Waals surface area contributed by atoms with Crippen molar-refractivity contribution in [2.45, 2.75) is 0 Å². The molecule has 9 rings (SSSR count). The summed E-state index contributed by atoms with van der Waals surface area (Å²) in [5.41, 5.74) is 5.27. The van der Waals surface area contributed by atoms with Gasteiger partial charge in [-0.15, -0.1) is 11.3 Å². The molecule has 0 nitrogen and oxygen atoms in total. The molecule has 0 bridgehead atoms. The first-order chi connectivity index (χ1) is 20.4. The van der Waals surface area contributed by atoms with Crippen LogP contribution < -0.4 is 0 Å². The first kappa shape index (κ1) is 22.8. The molecule has 41 heavy (non-hydrogen) atoms. The summed E-state index contributed by atoms with van der Waals surface area (Å²) in [7, 11) is 0. The first-order valence-corrected chi connectivity index (χ1v) is 14.9. The highest BCUT2D eigenvalue weighted by Gasteiger charge is 2.22. The fourth-order valence-electron chi connectivity index (χ4n) is 6.90. The molecule has 1 heterocycles. The van der Waals surface area contributed by atoms with E-state index in [1.807, 2.05) is 11.3 Å². The number of benzene rings is 8. The van der Waals surface area contributed by atoms with E-state index >= 15 is 0 Å². The van der Waals surface area contributed by atoms with Crippen LogP contribution in [0.1, 0.15) is 0 Å². The lowest BCUT2D eigenvalue weighted by atomic mass is 9.83. The molecule has 0 radical (unpaired) electrons. The fraction of sp³-hybridized carbons (Fsp3) is 0. The summed E-state index contributed by atoms with van der Waals surface area (Å²) in [5, 5.41) is 13.0. The summed E-state index contributed by atoms with van der Waals surface area (Å²) in [6, 6.07) is 53.6.